The lowest BCUT2D eigenvalue weighted by molar-refractivity contribution is -0.385. The summed E-state index contributed by atoms with van der Waals surface area (Å²) in [5.41, 5.74) is 1.07. The zero-order valence-electron chi connectivity index (χ0n) is 14.6. The fourth-order valence-electron chi connectivity index (χ4n) is 3.32. The van der Waals surface area contributed by atoms with Crippen LogP contribution in [-0.2, 0) is 6.54 Å². The maximum Gasteiger partial charge on any atom is 0.286 e. The van der Waals surface area contributed by atoms with Crippen molar-refractivity contribution in [2.75, 3.05) is 39.4 Å². The summed E-state index contributed by atoms with van der Waals surface area (Å²) < 4.78 is 10.9. The summed E-state index contributed by atoms with van der Waals surface area (Å²) in [7, 11) is 0. The van der Waals surface area contributed by atoms with Crippen LogP contribution in [0.2, 0.25) is 0 Å². The Bertz CT molecular complexity index is 847. The predicted molar refractivity (Wildman–Crippen MR) is 99.6 cm³/mol. The SMILES string of the molecule is O=C(c1cc2c(cc1[N+](=O)[O-])OCCO2)N1CCN(Cc2ccsc2)CC1. The second kappa shape index (κ2) is 7.53. The van der Waals surface area contributed by atoms with Gasteiger partial charge in [-0.05, 0) is 22.4 Å². The maximum absolute atomic E-state index is 12.9. The maximum atomic E-state index is 12.9. The molecule has 0 spiro atoms. The molecule has 0 bridgehead atoms. The highest BCUT2D eigenvalue weighted by atomic mass is 32.1. The molecule has 1 fully saturated rings. The fourth-order valence-corrected chi connectivity index (χ4v) is 3.98. The highest BCUT2D eigenvalue weighted by Crippen LogP contribution is 2.37. The minimum absolute atomic E-state index is 0.0514. The number of thiophene rings is 1. The number of nitro benzene ring substituents is 1. The first-order valence-electron chi connectivity index (χ1n) is 8.72. The number of nitro groups is 1. The van der Waals surface area contributed by atoms with E-state index in [1.165, 1.54) is 17.7 Å². The van der Waals surface area contributed by atoms with E-state index in [-0.39, 0.29) is 17.2 Å². The molecule has 0 atom stereocenters. The third-order valence-electron chi connectivity index (χ3n) is 4.73. The van der Waals surface area contributed by atoms with Crippen molar-refractivity contribution in [3.8, 4) is 11.5 Å². The smallest absolute Gasteiger partial charge is 0.286 e. The van der Waals surface area contributed by atoms with Crippen LogP contribution >= 0.6 is 11.3 Å². The zero-order chi connectivity index (χ0) is 18.8. The van der Waals surface area contributed by atoms with Crippen LogP contribution in [0, 0.1) is 10.1 Å². The molecule has 0 unspecified atom stereocenters. The molecule has 2 aliphatic rings. The molecule has 3 heterocycles. The monoisotopic (exact) mass is 389 g/mol. The molecule has 0 N–H and O–H groups in total. The predicted octanol–water partition coefficient (Wildman–Crippen LogP) is 2.39. The van der Waals surface area contributed by atoms with Crippen molar-refractivity contribution in [2.24, 2.45) is 0 Å². The van der Waals surface area contributed by atoms with E-state index in [4.69, 9.17) is 9.47 Å². The first-order valence-corrected chi connectivity index (χ1v) is 9.67. The molecule has 0 radical (unpaired) electrons. The van der Waals surface area contributed by atoms with Crippen LogP contribution in [0.15, 0.2) is 29.0 Å². The Balaban J connectivity index is 1.49. The lowest BCUT2D eigenvalue weighted by Crippen LogP contribution is -2.48. The Morgan fingerprint density at radius 1 is 1.15 bits per heavy atom. The van der Waals surface area contributed by atoms with Crippen molar-refractivity contribution < 1.29 is 19.2 Å². The second-order valence-corrected chi connectivity index (χ2v) is 7.25. The van der Waals surface area contributed by atoms with Crippen molar-refractivity contribution in [3.05, 3.63) is 50.2 Å². The van der Waals surface area contributed by atoms with E-state index in [1.54, 1.807) is 16.2 Å². The van der Waals surface area contributed by atoms with E-state index < -0.39 is 4.92 Å². The van der Waals surface area contributed by atoms with E-state index >= 15 is 0 Å². The van der Waals surface area contributed by atoms with Crippen molar-refractivity contribution in [3.63, 3.8) is 0 Å². The molecule has 1 aromatic heterocycles. The van der Waals surface area contributed by atoms with Gasteiger partial charge in [0.25, 0.3) is 11.6 Å². The van der Waals surface area contributed by atoms with E-state index in [9.17, 15) is 14.9 Å². The Hall–Kier alpha value is -2.65. The molecule has 142 valence electrons. The Morgan fingerprint density at radius 2 is 1.85 bits per heavy atom. The third-order valence-corrected chi connectivity index (χ3v) is 5.47. The van der Waals surface area contributed by atoms with Gasteiger partial charge in [-0.1, -0.05) is 0 Å². The summed E-state index contributed by atoms with van der Waals surface area (Å²) in [5, 5.41) is 15.6. The van der Waals surface area contributed by atoms with Gasteiger partial charge in [-0.2, -0.15) is 11.3 Å². The topological polar surface area (TPSA) is 85.1 Å². The van der Waals surface area contributed by atoms with Crippen LogP contribution in [-0.4, -0.2) is 60.0 Å². The Morgan fingerprint density at radius 3 is 2.48 bits per heavy atom. The van der Waals surface area contributed by atoms with Gasteiger partial charge in [0.1, 0.15) is 18.8 Å². The average molecular weight is 389 g/mol. The van der Waals surface area contributed by atoms with Crippen LogP contribution < -0.4 is 9.47 Å². The van der Waals surface area contributed by atoms with Crippen molar-refractivity contribution in [1.82, 2.24) is 9.80 Å². The summed E-state index contributed by atoms with van der Waals surface area (Å²) in [5.74, 6) is 0.352. The number of piperazine rings is 1. The molecule has 4 rings (SSSR count). The van der Waals surface area contributed by atoms with Crippen LogP contribution in [0.1, 0.15) is 15.9 Å². The van der Waals surface area contributed by atoms with Crippen LogP contribution in [0.4, 0.5) is 5.69 Å². The molecule has 1 amide bonds. The van der Waals surface area contributed by atoms with Gasteiger partial charge in [0.2, 0.25) is 0 Å². The molecular formula is C18H19N3O5S. The average Bonchev–Trinajstić information content (AvgIpc) is 3.20. The van der Waals surface area contributed by atoms with Gasteiger partial charge in [-0.25, -0.2) is 0 Å². The largest absolute Gasteiger partial charge is 0.486 e. The number of rotatable bonds is 4. The first kappa shape index (κ1) is 17.7. The van der Waals surface area contributed by atoms with E-state index in [0.717, 1.165) is 19.6 Å². The molecule has 0 aliphatic carbocycles. The molecule has 8 nitrogen and oxygen atoms in total. The second-order valence-electron chi connectivity index (χ2n) is 6.47. The van der Waals surface area contributed by atoms with Gasteiger partial charge >= 0.3 is 0 Å². The molecular weight excluding hydrogens is 370 g/mol. The van der Waals surface area contributed by atoms with Gasteiger partial charge in [0.15, 0.2) is 11.5 Å². The molecule has 1 saturated heterocycles. The van der Waals surface area contributed by atoms with Gasteiger partial charge in [-0.3, -0.25) is 19.8 Å². The number of benzene rings is 1. The fraction of sp³-hybridized carbons (Fsp3) is 0.389. The van der Waals surface area contributed by atoms with Crippen LogP contribution in [0.5, 0.6) is 11.5 Å². The van der Waals surface area contributed by atoms with Gasteiger partial charge in [0.05, 0.1) is 11.0 Å². The van der Waals surface area contributed by atoms with Gasteiger partial charge in [0, 0.05) is 38.8 Å². The summed E-state index contributed by atoms with van der Waals surface area (Å²) in [4.78, 5) is 27.8. The summed E-state index contributed by atoms with van der Waals surface area (Å²) in [6.07, 6.45) is 0. The number of ether oxygens (including phenoxy) is 2. The Kier molecular flexibility index (Phi) is 4.95. The number of fused-ring (bicyclic) bond motifs is 1. The van der Waals surface area contributed by atoms with Crippen LogP contribution in [0.3, 0.4) is 0 Å². The standard InChI is InChI=1S/C18H19N3O5S/c22-18(20-4-2-19(3-5-20)11-13-1-8-27-12-13)14-9-16-17(26-7-6-25-16)10-15(14)21(23)24/h1,8-10,12H,2-7,11H2. The van der Waals surface area contributed by atoms with Gasteiger partial charge < -0.3 is 14.4 Å². The highest BCUT2D eigenvalue weighted by Gasteiger charge is 2.30. The van der Waals surface area contributed by atoms with Crippen molar-refractivity contribution in [2.45, 2.75) is 6.54 Å². The molecule has 2 aromatic rings. The lowest BCUT2D eigenvalue weighted by atomic mass is 10.1. The van der Waals surface area contributed by atoms with Crippen LogP contribution in [0.25, 0.3) is 0 Å². The molecule has 9 heteroatoms. The molecule has 0 saturated carbocycles. The van der Waals surface area contributed by atoms with Crippen molar-refractivity contribution in [1.29, 1.82) is 0 Å². The Labute approximate surface area is 160 Å². The lowest BCUT2D eigenvalue weighted by Gasteiger charge is -2.34. The molecule has 27 heavy (non-hydrogen) atoms. The number of carbonyl (C=O) groups is 1. The third kappa shape index (κ3) is 3.74. The van der Waals surface area contributed by atoms with E-state index in [2.05, 4.69) is 21.7 Å². The van der Waals surface area contributed by atoms with E-state index in [0.29, 0.717) is 37.8 Å². The number of hydrogen-bond donors (Lipinski definition) is 0. The normalized spacial score (nSPS) is 17.0. The summed E-state index contributed by atoms with van der Waals surface area (Å²) >= 11 is 1.67. The summed E-state index contributed by atoms with van der Waals surface area (Å²) in [6.45, 7) is 4.10. The number of nitrogens with zero attached hydrogens (tertiary/aromatic N) is 3. The number of carbonyl (C=O) groups excluding carboxylic acids is 1. The molecule has 2 aliphatic heterocycles. The highest BCUT2D eigenvalue weighted by molar-refractivity contribution is 7.07. The minimum Gasteiger partial charge on any atom is -0.486 e. The quantitative estimate of drug-likeness (QED) is 0.590. The van der Waals surface area contributed by atoms with E-state index in [1.807, 2.05) is 0 Å². The zero-order valence-corrected chi connectivity index (χ0v) is 15.4. The first-order chi connectivity index (χ1) is 13.1. The van der Waals surface area contributed by atoms with Gasteiger partial charge in [-0.15, -0.1) is 0 Å². The van der Waals surface area contributed by atoms with Crippen molar-refractivity contribution >= 4 is 22.9 Å². The minimum atomic E-state index is -0.543. The number of amides is 1. The number of hydrogen-bond acceptors (Lipinski definition) is 7. The molecule has 1 aromatic carbocycles. The summed E-state index contributed by atoms with van der Waals surface area (Å²) in [6, 6.07) is 4.82.